The summed E-state index contributed by atoms with van der Waals surface area (Å²) in [4.78, 5) is 13.6. The van der Waals surface area contributed by atoms with E-state index in [9.17, 15) is 22.4 Å². The first-order valence-corrected chi connectivity index (χ1v) is 7.72. The van der Waals surface area contributed by atoms with Crippen LogP contribution < -0.4 is 10.5 Å². The van der Waals surface area contributed by atoms with Gasteiger partial charge in [-0.05, 0) is 25.1 Å². The standard InChI is InChI=1S/C17H16F4N2O2/c1-11-10-22(6-7-25-11)12-8-13(17(19,20)21)16(18)14(9-12)23-5-3-2-4-15(23)24/h2-5,8-9,11H,6-7,10H2,1H3/t11-/m1/s1. The number of hydrogen-bond acceptors (Lipinski definition) is 3. The van der Waals surface area contributed by atoms with Gasteiger partial charge in [0.2, 0.25) is 0 Å². The van der Waals surface area contributed by atoms with Gasteiger partial charge >= 0.3 is 6.18 Å². The zero-order chi connectivity index (χ0) is 18.2. The number of benzene rings is 1. The fraction of sp³-hybridized carbons (Fsp3) is 0.353. The lowest BCUT2D eigenvalue weighted by molar-refractivity contribution is -0.139. The van der Waals surface area contributed by atoms with Crippen molar-refractivity contribution in [2.75, 3.05) is 24.6 Å². The topological polar surface area (TPSA) is 34.5 Å². The average Bonchev–Trinajstić information content (AvgIpc) is 2.55. The molecule has 0 aliphatic carbocycles. The Morgan fingerprint density at radius 3 is 2.64 bits per heavy atom. The van der Waals surface area contributed by atoms with E-state index in [1.807, 2.05) is 6.92 Å². The molecule has 0 bridgehead atoms. The van der Waals surface area contributed by atoms with Crippen LogP contribution in [0.4, 0.5) is 23.2 Å². The highest BCUT2D eigenvalue weighted by molar-refractivity contribution is 5.58. The summed E-state index contributed by atoms with van der Waals surface area (Å²) >= 11 is 0. The minimum Gasteiger partial charge on any atom is -0.375 e. The Hall–Kier alpha value is -2.35. The van der Waals surface area contributed by atoms with Crippen LogP contribution in [-0.4, -0.2) is 30.4 Å². The molecule has 1 saturated heterocycles. The molecule has 0 spiro atoms. The quantitative estimate of drug-likeness (QED) is 0.775. The molecule has 1 aromatic carbocycles. The van der Waals surface area contributed by atoms with Crippen molar-refractivity contribution in [2.24, 2.45) is 0 Å². The Bertz CT molecular complexity index is 832. The van der Waals surface area contributed by atoms with Crippen molar-refractivity contribution in [1.29, 1.82) is 0 Å². The first-order chi connectivity index (χ1) is 11.8. The molecule has 0 unspecified atom stereocenters. The molecule has 4 nitrogen and oxygen atoms in total. The fourth-order valence-electron chi connectivity index (χ4n) is 2.84. The molecule has 134 valence electrons. The molecule has 1 aromatic heterocycles. The molecule has 0 saturated carbocycles. The van der Waals surface area contributed by atoms with Gasteiger partial charge in [0.25, 0.3) is 5.56 Å². The SMILES string of the molecule is C[C@@H]1CN(c2cc(-n3ccccc3=O)c(F)c(C(F)(F)F)c2)CCO1. The van der Waals surface area contributed by atoms with E-state index in [0.29, 0.717) is 19.7 Å². The van der Waals surface area contributed by atoms with Gasteiger partial charge in [-0.1, -0.05) is 6.07 Å². The molecule has 0 radical (unpaired) electrons. The molecule has 2 aromatic rings. The Balaban J connectivity index is 2.19. The summed E-state index contributed by atoms with van der Waals surface area (Å²) in [7, 11) is 0. The van der Waals surface area contributed by atoms with E-state index < -0.39 is 28.8 Å². The number of rotatable bonds is 2. The van der Waals surface area contributed by atoms with Crippen LogP contribution in [0.1, 0.15) is 12.5 Å². The lowest BCUT2D eigenvalue weighted by Crippen LogP contribution is -2.41. The number of anilines is 1. The number of morpholine rings is 1. The van der Waals surface area contributed by atoms with Gasteiger partial charge in [0, 0.05) is 31.0 Å². The zero-order valence-electron chi connectivity index (χ0n) is 13.4. The van der Waals surface area contributed by atoms with Crippen molar-refractivity contribution in [3.63, 3.8) is 0 Å². The number of alkyl halides is 3. The average molecular weight is 356 g/mol. The van der Waals surface area contributed by atoms with E-state index in [2.05, 4.69) is 0 Å². The summed E-state index contributed by atoms with van der Waals surface area (Å²) in [5.41, 5.74) is -2.22. The van der Waals surface area contributed by atoms with Crippen molar-refractivity contribution in [1.82, 2.24) is 4.57 Å². The lowest BCUT2D eigenvalue weighted by atomic mass is 10.1. The highest BCUT2D eigenvalue weighted by atomic mass is 19.4. The molecule has 1 aliphatic rings. The van der Waals surface area contributed by atoms with Crippen LogP contribution >= 0.6 is 0 Å². The number of pyridine rings is 1. The molecule has 2 heterocycles. The van der Waals surface area contributed by atoms with E-state index >= 15 is 0 Å². The maximum Gasteiger partial charge on any atom is 0.419 e. The molecule has 0 N–H and O–H groups in total. The van der Waals surface area contributed by atoms with Gasteiger partial charge in [-0.25, -0.2) is 4.39 Å². The van der Waals surface area contributed by atoms with Gasteiger partial charge in [-0.15, -0.1) is 0 Å². The molecule has 25 heavy (non-hydrogen) atoms. The van der Waals surface area contributed by atoms with Gasteiger partial charge in [0.1, 0.15) is 0 Å². The number of halogens is 4. The highest BCUT2D eigenvalue weighted by Gasteiger charge is 2.37. The van der Waals surface area contributed by atoms with Crippen LogP contribution in [-0.2, 0) is 10.9 Å². The van der Waals surface area contributed by atoms with E-state index in [0.717, 1.165) is 16.7 Å². The fourth-order valence-corrected chi connectivity index (χ4v) is 2.84. The van der Waals surface area contributed by atoms with Crippen molar-refractivity contribution in [3.8, 4) is 5.69 Å². The number of aromatic nitrogens is 1. The predicted octanol–water partition coefficient (Wildman–Crippen LogP) is 3.22. The summed E-state index contributed by atoms with van der Waals surface area (Å²) in [6.07, 6.45) is -3.78. The van der Waals surface area contributed by atoms with E-state index in [4.69, 9.17) is 4.74 Å². The minimum absolute atomic E-state index is 0.156. The van der Waals surface area contributed by atoms with Crippen LogP contribution in [0.5, 0.6) is 0 Å². The second-order valence-electron chi connectivity index (χ2n) is 5.86. The first kappa shape index (κ1) is 17.5. The minimum atomic E-state index is -4.87. The Labute approximate surface area is 141 Å². The largest absolute Gasteiger partial charge is 0.419 e. The van der Waals surface area contributed by atoms with Crippen LogP contribution in [0.25, 0.3) is 5.69 Å². The van der Waals surface area contributed by atoms with E-state index in [1.54, 1.807) is 4.90 Å². The monoisotopic (exact) mass is 356 g/mol. The van der Waals surface area contributed by atoms with Crippen molar-refractivity contribution in [2.45, 2.75) is 19.2 Å². The Morgan fingerprint density at radius 2 is 2.00 bits per heavy atom. The molecule has 8 heteroatoms. The molecule has 3 rings (SSSR count). The molecule has 1 atom stereocenters. The van der Waals surface area contributed by atoms with Crippen LogP contribution in [0, 0.1) is 5.82 Å². The Kier molecular flexibility index (Phi) is 4.55. The van der Waals surface area contributed by atoms with Crippen molar-refractivity contribution < 1.29 is 22.3 Å². The summed E-state index contributed by atoms with van der Waals surface area (Å²) < 4.78 is 60.7. The maximum absolute atomic E-state index is 14.5. The van der Waals surface area contributed by atoms with Crippen LogP contribution in [0.3, 0.4) is 0 Å². The first-order valence-electron chi connectivity index (χ1n) is 7.72. The molecule has 0 amide bonds. The van der Waals surface area contributed by atoms with Gasteiger partial charge in [0.05, 0.1) is 24.0 Å². The summed E-state index contributed by atoms with van der Waals surface area (Å²) in [6.45, 7) is 2.94. The lowest BCUT2D eigenvalue weighted by Gasteiger charge is -2.33. The second kappa shape index (κ2) is 6.51. The normalized spacial score (nSPS) is 18.4. The van der Waals surface area contributed by atoms with E-state index in [-0.39, 0.29) is 11.8 Å². The summed E-state index contributed by atoms with van der Waals surface area (Å²) in [6, 6.07) is 6.11. The zero-order valence-corrected chi connectivity index (χ0v) is 13.4. The molecular formula is C17H16F4N2O2. The maximum atomic E-state index is 14.5. The van der Waals surface area contributed by atoms with Crippen LogP contribution in [0.15, 0.2) is 41.3 Å². The third-order valence-electron chi connectivity index (χ3n) is 4.03. The second-order valence-corrected chi connectivity index (χ2v) is 5.86. The van der Waals surface area contributed by atoms with Gasteiger partial charge in [0.15, 0.2) is 5.82 Å². The van der Waals surface area contributed by atoms with Crippen molar-refractivity contribution >= 4 is 5.69 Å². The van der Waals surface area contributed by atoms with Gasteiger partial charge < -0.3 is 9.64 Å². The third kappa shape index (κ3) is 3.53. The highest BCUT2D eigenvalue weighted by Crippen LogP contribution is 2.37. The predicted molar refractivity (Wildman–Crippen MR) is 84.6 cm³/mol. The van der Waals surface area contributed by atoms with E-state index in [1.165, 1.54) is 24.4 Å². The summed E-state index contributed by atoms with van der Waals surface area (Å²) in [5.74, 6) is -1.47. The van der Waals surface area contributed by atoms with Crippen molar-refractivity contribution in [3.05, 3.63) is 58.3 Å². The molecular weight excluding hydrogens is 340 g/mol. The number of ether oxygens (including phenoxy) is 1. The third-order valence-corrected chi connectivity index (χ3v) is 4.03. The number of hydrogen-bond donors (Lipinski definition) is 0. The van der Waals surface area contributed by atoms with Gasteiger partial charge in [-0.3, -0.25) is 9.36 Å². The molecule has 1 fully saturated rings. The Morgan fingerprint density at radius 1 is 1.24 bits per heavy atom. The van der Waals surface area contributed by atoms with Crippen LogP contribution in [0.2, 0.25) is 0 Å². The summed E-state index contributed by atoms with van der Waals surface area (Å²) in [5, 5.41) is 0. The van der Waals surface area contributed by atoms with Gasteiger partial charge in [-0.2, -0.15) is 13.2 Å². The smallest absolute Gasteiger partial charge is 0.375 e. The number of nitrogens with zero attached hydrogens (tertiary/aromatic N) is 2. The molecule has 1 aliphatic heterocycles.